The Morgan fingerprint density at radius 2 is 0.594 bits per heavy atom. The molecular formula is C20H23F35O11S3. The van der Waals surface area contributed by atoms with Gasteiger partial charge in [0.2, 0.25) is 6.86 Å². The van der Waals surface area contributed by atoms with Crippen molar-refractivity contribution in [3.63, 3.8) is 0 Å². The molecule has 0 aromatic carbocycles. The van der Waals surface area contributed by atoms with Crippen molar-refractivity contribution in [1.82, 2.24) is 0 Å². The van der Waals surface area contributed by atoms with Crippen LogP contribution in [-0.2, 0) is 55.6 Å². The van der Waals surface area contributed by atoms with Gasteiger partial charge in [-0.2, -0.15) is 99.9 Å². The van der Waals surface area contributed by atoms with Gasteiger partial charge in [0.25, 0.3) is 19.3 Å². The Morgan fingerprint density at radius 3 is 0.652 bits per heavy atom. The van der Waals surface area contributed by atoms with Gasteiger partial charge in [-0.05, 0) is 0 Å². The van der Waals surface area contributed by atoms with Crippen LogP contribution in [0, 0.1) is 0 Å². The zero-order valence-electron chi connectivity index (χ0n) is 31.2. The van der Waals surface area contributed by atoms with E-state index < -0.39 is 141 Å². The summed E-state index contributed by atoms with van der Waals surface area (Å²) >= 11 is 0. The number of alkyl halides is 29. The van der Waals surface area contributed by atoms with E-state index in [1.165, 1.54) is 0 Å². The number of carbonyl (C=O) groups excluding carboxylic acids is 2. The summed E-state index contributed by atoms with van der Waals surface area (Å²) in [5, 5.41) is 0. The van der Waals surface area contributed by atoms with E-state index in [-0.39, 0.29) is 19.6 Å². The highest BCUT2D eigenvalue weighted by Crippen LogP contribution is 2.29. The van der Waals surface area contributed by atoms with E-state index in [1.807, 2.05) is 0 Å². The summed E-state index contributed by atoms with van der Waals surface area (Å²) in [7, 11) is -17.0. The van der Waals surface area contributed by atoms with Crippen LogP contribution >= 0.6 is 0 Å². The summed E-state index contributed by atoms with van der Waals surface area (Å²) in [5.41, 5.74) is 0. The van der Waals surface area contributed by atoms with Crippen LogP contribution in [-0.4, -0.2) is 154 Å². The quantitative estimate of drug-likeness (QED) is 0.0885. The average molecular weight is 1200 g/mol. The first-order valence-electron chi connectivity index (χ1n) is 13.4. The van der Waals surface area contributed by atoms with Gasteiger partial charge in [0.1, 0.15) is 13.3 Å². The van der Waals surface area contributed by atoms with E-state index in [1.54, 1.807) is 0 Å². The topological polar surface area (TPSA) is 164 Å². The molecule has 0 aliphatic heterocycles. The summed E-state index contributed by atoms with van der Waals surface area (Å²) in [5.74, 6) is -3.75. The average Bonchev–Trinajstić information content (AvgIpc) is 3.12. The van der Waals surface area contributed by atoms with Crippen molar-refractivity contribution >= 4 is 44.8 Å². The Kier molecular flexibility index (Phi) is 61.9. The van der Waals surface area contributed by atoms with Crippen LogP contribution in [0.15, 0.2) is 0 Å². The predicted octanol–water partition coefficient (Wildman–Crippen LogP) is 10.8. The van der Waals surface area contributed by atoms with Crippen molar-refractivity contribution in [2.75, 3.05) is 66.9 Å². The van der Waals surface area contributed by atoms with Crippen molar-refractivity contribution in [2.45, 2.75) is 49.3 Å². The first kappa shape index (κ1) is 91.6. The van der Waals surface area contributed by atoms with Crippen LogP contribution in [0.2, 0.25) is 0 Å². The maximum atomic E-state index is 11.6. The van der Waals surface area contributed by atoms with Crippen LogP contribution in [0.5, 0.6) is 0 Å². The summed E-state index contributed by atoms with van der Waals surface area (Å²) in [6.07, 6.45) is -33.0. The molecule has 69 heavy (non-hydrogen) atoms. The van der Waals surface area contributed by atoms with E-state index in [9.17, 15) is 155 Å². The normalized spacial score (nSPS) is 11.9. The molecule has 0 rings (SSSR count). The first-order chi connectivity index (χ1) is 29.9. The summed E-state index contributed by atoms with van der Waals surface area (Å²) in [4.78, 5) is 18.1. The fourth-order valence-corrected chi connectivity index (χ4v) is 0.404. The maximum Gasteiger partial charge on any atom is 0.476 e. The molecular weight excluding hydrogens is 1180 g/mol. The van der Waals surface area contributed by atoms with Crippen LogP contribution in [0.1, 0.15) is 0 Å². The van der Waals surface area contributed by atoms with E-state index in [0.29, 0.717) is 0 Å². The third-order valence-corrected chi connectivity index (χ3v) is 2.08. The summed E-state index contributed by atoms with van der Waals surface area (Å²) in [6.45, 7) is -16.7. The molecule has 432 valence electrons. The Bertz CT molecular complexity index is 1290. The van der Waals surface area contributed by atoms with Crippen LogP contribution < -0.4 is 0 Å². The molecule has 0 bridgehead atoms. The highest BCUT2D eigenvalue weighted by molar-refractivity contribution is 7.81. The lowest BCUT2D eigenvalue weighted by Gasteiger charge is -2.18. The minimum atomic E-state index is -5.67. The molecule has 0 saturated carbocycles. The van der Waals surface area contributed by atoms with Gasteiger partial charge < -0.3 is 9.47 Å². The monoisotopic (exact) mass is 1200 g/mol. The zero-order chi connectivity index (χ0) is 59.2. The van der Waals surface area contributed by atoms with Crippen LogP contribution in [0.3, 0.4) is 0 Å². The Hall–Kier alpha value is -3.70. The highest BCUT2D eigenvalue weighted by Gasteiger charge is 2.48. The first-order valence-corrected chi connectivity index (χ1v) is 17.2. The lowest BCUT2D eigenvalue weighted by molar-refractivity contribution is -0.359. The molecule has 0 fully saturated rings. The molecule has 1 unspecified atom stereocenters. The van der Waals surface area contributed by atoms with Crippen molar-refractivity contribution in [3.8, 4) is 0 Å². The third kappa shape index (κ3) is 225. The number of carbonyl (C=O) groups is 2. The van der Waals surface area contributed by atoms with Gasteiger partial charge >= 0.3 is 74.7 Å². The molecule has 0 heterocycles. The predicted molar refractivity (Wildman–Crippen MR) is 152 cm³/mol. The summed E-state index contributed by atoms with van der Waals surface area (Å²) < 4.78 is 431. The van der Waals surface area contributed by atoms with Crippen molar-refractivity contribution < 1.29 is 200 Å². The van der Waals surface area contributed by atoms with Crippen LogP contribution in [0.25, 0.3) is 0 Å². The van der Waals surface area contributed by atoms with Crippen molar-refractivity contribution in [1.29, 1.82) is 0 Å². The van der Waals surface area contributed by atoms with E-state index in [0.717, 1.165) is 0 Å². The Morgan fingerprint density at radius 1 is 0.391 bits per heavy atom. The molecule has 0 aliphatic carbocycles. The van der Waals surface area contributed by atoms with Crippen molar-refractivity contribution in [2.24, 2.45) is 0 Å². The van der Waals surface area contributed by atoms with Crippen LogP contribution in [0.4, 0.5) is 151 Å². The van der Waals surface area contributed by atoms with Gasteiger partial charge in [0.05, 0.1) is 0 Å². The highest BCUT2D eigenvalue weighted by atomic mass is 32.3. The molecule has 0 aromatic rings. The number of rotatable bonds is 10. The molecule has 0 saturated heterocycles. The van der Waals surface area contributed by atoms with Gasteiger partial charge in [-0.25, -0.2) is 52.7 Å². The minimum Gasteiger partial charge on any atom is -0.465 e. The van der Waals surface area contributed by atoms with Gasteiger partial charge in [0.15, 0.2) is 46.7 Å². The second kappa shape index (κ2) is 46.7. The third-order valence-electron chi connectivity index (χ3n) is 2.08. The largest absolute Gasteiger partial charge is 0.476 e. The van der Waals surface area contributed by atoms with Gasteiger partial charge in [-0.3, -0.25) is 14.3 Å². The molecule has 0 aliphatic rings. The zero-order valence-corrected chi connectivity index (χ0v) is 33.7. The molecule has 11 nitrogen and oxygen atoms in total. The molecule has 1 atom stereocenters. The Balaban J connectivity index is -0.0000000604. The molecule has 49 heteroatoms. The van der Waals surface area contributed by atoms with Gasteiger partial charge in [0, 0.05) is 0 Å². The lowest BCUT2D eigenvalue weighted by atomic mass is 10.4. The smallest absolute Gasteiger partial charge is 0.465 e. The lowest BCUT2D eigenvalue weighted by Crippen LogP contribution is -2.36. The SMILES string of the molecule is FCC(F)(F)CF.FCC(F)(F)F.FCC(F)(F)F.FCC(F)(F)F.FCC(F)(F)F.FCC(F)(F)OC(F)C(F)(F)F.O=COCCF.O=COCF.O=S(=O)(F)F.O=S(=O)(F)F.O=S(=O)(F)F. The Labute approximate surface area is 361 Å². The number of ether oxygens (including phenoxy) is 3. The van der Waals surface area contributed by atoms with E-state index in [2.05, 4.69) is 14.2 Å². The molecule has 0 radical (unpaired) electrons. The fraction of sp³-hybridized carbons (Fsp3) is 0.900. The standard InChI is InChI=1S/C4H3F7O.C3H4F4.C3H5FO2.4C2H2F4.C2H3FO2.3F2O2S/c5-1-3(7,8)12-2(6)4(9,10)11;4-1-3(6,7)2-5;4-1-2-6-3-5;4*3-1-2(4,5)6;3-1-5-2-4;3*1-5(2,3)4/h2H,1H2;1-2H2;3H,1-2H2;4*1H2;2H,1H2;;;. The molecule has 0 aromatic heterocycles. The second-order valence-electron chi connectivity index (χ2n) is 8.03. The maximum absolute atomic E-state index is 11.6. The number of hydrogen-bond acceptors (Lipinski definition) is 11. The number of halogens is 35. The van der Waals surface area contributed by atoms with Crippen molar-refractivity contribution in [3.05, 3.63) is 0 Å². The molecule has 0 N–H and O–H groups in total. The fourth-order valence-electron chi connectivity index (χ4n) is 0.404. The molecule has 0 spiro atoms. The number of hydrogen-bond donors (Lipinski definition) is 0. The van der Waals surface area contributed by atoms with Gasteiger partial charge in [-0.15, -0.1) is 0 Å². The summed E-state index contributed by atoms with van der Waals surface area (Å²) in [6, 6.07) is 0. The molecule has 0 amide bonds. The van der Waals surface area contributed by atoms with E-state index in [4.69, 9.17) is 30.0 Å². The minimum absolute atomic E-state index is 0.0556. The van der Waals surface area contributed by atoms with E-state index >= 15 is 0 Å². The second-order valence-corrected chi connectivity index (χ2v) is 10.3. The van der Waals surface area contributed by atoms with Gasteiger partial charge in [-0.1, -0.05) is 23.3 Å².